The molecule has 1 amide bonds. The number of fused-ring (bicyclic) bond motifs is 1. The molecule has 1 aromatic rings. The molecule has 1 atom stereocenters. The highest BCUT2D eigenvalue weighted by Crippen LogP contribution is 2.35. The van der Waals surface area contributed by atoms with Gasteiger partial charge in [-0.15, -0.1) is 0 Å². The molecule has 0 N–H and O–H groups in total. The van der Waals surface area contributed by atoms with E-state index in [2.05, 4.69) is 24.8 Å². The molecule has 0 aromatic heterocycles. The Bertz CT molecular complexity index is 925. The van der Waals surface area contributed by atoms with Crippen LogP contribution in [0.3, 0.4) is 0 Å². The number of amides is 1. The number of ether oxygens (including phenoxy) is 3. The Kier molecular flexibility index (Phi) is 10.3. The molecule has 1 fully saturated rings. The monoisotopic (exact) mass is 504 g/mol. The molecule has 0 spiro atoms. The van der Waals surface area contributed by atoms with E-state index < -0.39 is 11.6 Å². The van der Waals surface area contributed by atoms with Gasteiger partial charge in [-0.2, -0.15) is 9.59 Å². The lowest BCUT2D eigenvalue weighted by Gasteiger charge is -2.44. The predicted molar refractivity (Wildman–Crippen MR) is 134 cm³/mol. The van der Waals surface area contributed by atoms with Crippen LogP contribution in [-0.2, 0) is 30.3 Å². The van der Waals surface area contributed by atoms with E-state index in [0.717, 1.165) is 30.7 Å². The summed E-state index contributed by atoms with van der Waals surface area (Å²) >= 11 is 0. The predicted octanol–water partition coefficient (Wildman–Crippen LogP) is 4.22. The molecule has 3 rings (SSSR count). The van der Waals surface area contributed by atoms with Crippen LogP contribution in [-0.4, -0.2) is 66.6 Å². The molecule has 1 unspecified atom stereocenters. The SMILES string of the molecule is CC(C)OC(=O)C(C(C)C)N(c1ccc2c(c1)CCO2)C1CCN(C(=O)OC(C)(C)C)CC1.O=C=O. The largest absolute Gasteiger partial charge is 0.493 e. The minimum absolute atomic E-state index is 0.0599. The van der Waals surface area contributed by atoms with Crippen molar-refractivity contribution in [1.82, 2.24) is 4.90 Å². The summed E-state index contributed by atoms with van der Waals surface area (Å²) in [5, 5.41) is 0. The highest BCUT2D eigenvalue weighted by Gasteiger charge is 2.38. The fourth-order valence-corrected chi connectivity index (χ4v) is 4.59. The standard InChI is InChI=1S/C26H40N2O5.CO2/c1-17(2)23(24(29)32-18(3)4)28(21-8-9-22-19(16-21)12-15-31-22)20-10-13-27(14-11-20)25(30)33-26(5,6)7;2-1-3/h8-9,16-18,20,23H,10-15H2,1-7H3;. The van der Waals surface area contributed by atoms with E-state index in [0.29, 0.717) is 19.7 Å². The van der Waals surface area contributed by atoms with Crippen LogP contribution in [0, 0.1) is 5.92 Å². The van der Waals surface area contributed by atoms with Gasteiger partial charge in [0.25, 0.3) is 0 Å². The molecular weight excluding hydrogens is 464 g/mol. The summed E-state index contributed by atoms with van der Waals surface area (Å²) in [7, 11) is 0. The number of rotatable bonds is 6. The molecule has 2 aliphatic heterocycles. The second-order valence-electron chi connectivity index (χ2n) is 10.8. The summed E-state index contributed by atoms with van der Waals surface area (Å²) in [6.45, 7) is 15.4. The van der Waals surface area contributed by atoms with E-state index in [4.69, 9.17) is 23.8 Å². The third-order valence-electron chi connectivity index (χ3n) is 6.01. The summed E-state index contributed by atoms with van der Waals surface area (Å²) < 4.78 is 16.9. The fraction of sp³-hybridized carbons (Fsp3) is 0.667. The van der Waals surface area contributed by atoms with Gasteiger partial charge in [-0.1, -0.05) is 13.8 Å². The normalized spacial score (nSPS) is 16.3. The number of anilines is 1. The summed E-state index contributed by atoms with van der Waals surface area (Å²) in [6, 6.07) is 5.90. The number of carbonyl (C=O) groups is 2. The third-order valence-corrected chi connectivity index (χ3v) is 6.01. The van der Waals surface area contributed by atoms with Gasteiger partial charge in [-0.05, 0) is 77.1 Å². The third kappa shape index (κ3) is 7.98. The molecule has 0 bridgehead atoms. The maximum Gasteiger partial charge on any atom is 0.410 e. The van der Waals surface area contributed by atoms with Crippen molar-refractivity contribution in [3.05, 3.63) is 23.8 Å². The van der Waals surface area contributed by atoms with Crippen molar-refractivity contribution in [1.29, 1.82) is 0 Å². The van der Waals surface area contributed by atoms with Crippen molar-refractivity contribution in [2.45, 2.75) is 91.5 Å². The highest BCUT2D eigenvalue weighted by atomic mass is 16.6. The second-order valence-corrected chi connectivity index (χ2v) is 10.8. The topological polar surface area (TPSA) is 102 Å². The van der Waals surface area contributed by atoms with Crippen LogP contribution in [0.1, 0.15) is 66.9 Å². The van der Waals surface area contributed by atoms with Crippen molar-refractivity contribution >= 4 is 23.9 Å². The number of piperidine rings is 1. The molecule has 0 aliphatic carbocycles. The Morgan fingerprint density at radius 3 is 2.25 bits per heavy atom. The molecule has 200 valence electrons. The Labute approximate surface area is 214 Å². The van der Waals surface area contributed by atoms with Crippen LogP contribution >= 0.6 is 0 Å². The zero-order valence-corrected chi connectivity index (χ0v) is 22.5. The van der Waals surface area contributed by atoms with Crippen molar-refractivity contribution in [2.24, 2.45) is 5.92 Å². The minimum Gasteiger partial charge on any atom is -0.493 e. The van der Waals surface area contributed by atoms with E-state index in [9.17, 15) is 9.59 Å². The average Bonchev–Trinajstić information content (AvgIpc) is 3.24. The first-order valence-corrected chi connectivity index (χ1v) is 12.6. The first-order chi connectivity index (χ1) is 16.9. The number of nitrogens with zero attached hydrogens (tertiary/aromatic N) is 2. The summed E-state index contributed by atoms with van der Waals surface area (Å²) in [6.07, 6.45) is 2.18. The molecule has 0 radical (unpaired) electrons. The van der Waals surface area contributed by atoms with Crippen LogP contribution in [0.15, 0.2) is 18.2 Å². The van der Waals surface area contributed by atoms with Gasteiger partial charge in [0, 0.05) is 31.2 Å². The van der Waals surface area contributed by atoms with Crippen LogP contribution < -0.4 is 9.64 Å². The van der Waals surface area contributed by atoms with Crippen LogP contribution in [0.5, 0.6) is 5.75 Å². The molecule has 1 aromatic carbocycles. The number of esters is 1. The lowest BCUT2D eigenvalue weighted by Crippen LogP contribution is -2.55. The molecule has 36 heavy (non-hydrogen) atoms. The van der Waals surface area contributed by atoms with Crippen LogP contribution in [0.25, 0.3) is 0 Å². The first kappa shape index (κ1) is 29.2. The minimum atomic E-state index is -0.518. The molecular formula is C27H40N2O7. The number of hydrogen-bond donors (Lipinski definition) is 0. The van der Waals surface area contributed by atoms with Crippen molar-refractivity contribution in [3.63, 3.8) is 0 Å². The zero-order chi connectivity index (χ0) is 27.0. The number of likely N-dealkylation sites (tertiary alicyclic amines) is 1. The van der Waals surface area contributed by atoms with Gasteiger partial charge < -0.3 is 24.0 Å². The number of benzene rings is 1. The number of hydrogen-bond acceptors (Lipinski definition) is 8. The Balaban J connectivity index is 0.00000145. The molecule has 9 heteroatoms. The van der Waals surface area contributed by atoms with Gasteiger partial charge in [-0.3, -0.25) is 0 Å². The Hall–Kier alpha value is -3.06. The van der Waals surface area contributed by atoms with Crippen molar-refractivity contribution in [3.8, 4) is 5.75 Å². The van der Waals surface area contributed by atoms with Crippen LogP contribution in [0.4, 0.5) is 10.5 Å². The average molecular weight is 505 g/mol. The van der Waals surface area contributed by atoms with E-state index in [-0.39, 0.29) is 36.3 Å². The lowest BCUT2D eigenvalue weighted by atomic mass is 9.94. The van der Waals surface area contributed by atoms with Gasteiger partial charge in [0.15, 0.2) is 0 Å². The smallest absolute Gasteiger partial charge is 0.410 e. The van der Waals surface area contributed by atoms with E-state index in [1.807, 2.05) is 46.8 Å². The van der Waals surface area contributed by atoms with E-state index >= 15 is 0 Å². The summed E-state index contributed by atoms with van der Waals surface area (Å²) in [5.74, 6) is 0.778. The molecule has 2 aliphatic rings. The maximum absolute atomic E-state index is 13.2. The van der Waals surface area contributed by atoms with Gasteiger partial charge in [0.1, 0.15) is 17.4 Å². The van der Waals surface area contributed by atoms with Crippen molar-refractivity contribution < 1.29 is 33.4 Å². The molecule has 0 saturated carbocycles. The van der Waals surface area contributed by atoms with Gasteiger partial charge in [-0.25, -0.2) is 9.59 Å². The highest BCUT2D eigenvalue weighted by molar-refractivity contribution is 5.81. The van der Waals surface area contributed by atoms with E-state index in [1.165, 1.54) is 5.56 Å². The molecule has 2 heterocycles. The Morgan fingerprint density at radius 1 is 1.11 bits per heavy atom. The summed E-state index contributed by atoms with van der Waals surface area (Å²) in [4.78, 5) is 46.1. The molecule has 9 nitrogen and oxygen atoms in total. The van der Waals surface area contributed by atoms with Gasteiger partial charge >= 0.3 is 18.2 Å². The van der Waals surface area contributed by atoms with Crippen molar-refractivity contribution in [2.75, 3.05) is 24.6 Å². The number of carbonyl (C=O) groups excluding carboxylic acids is 4. The van der Waals surface area contributed by atoms with E-state index in [1.54, 1.807) is 4.90 Å². The first-order valence-electron chi connectivity index (χ1n) is 12.6. The molecule has 1 saturated heterocycles. The summed E-state index contributed by atoms with van der Waals surface area (Å²) in [5.41, 5.74) is 1.66. The quantitative estimate of drug-likeness (QED) is 0.531. The zero-order valence-electron chi connectivity index (χ0n) is 22.5. The van der Waals surface area contributed by atoms with Gasteiger partial charge in [0.05, 0.1) is 12.7 Å². The fourth-order valence-electron chi connectivity index (χ4n) is 4.59. The van der Waals surface area contributed by atoms with Gasteiger partial charge in [0.2, 0.25) is 0 Å². The lowest BCUT2D eigenvalue weighted by molar-refractivity contribution is -0.191. The second kappa shape index (κ2) is 12.8. The Morgan fingerprint density at radius 2 is 1.72 bits per heavy atom. The van der Waals surface area contributed by atoms with Crippen LogP contribution in [0.2, 0.25) is 0 Å². The maximum atomic E-state index is 13.2.